The van der Waals surface area contributed by atoms with Crippen LogP contribution in [0.25, 0.3) is 0 Å². The number of aryl methyl sites for hydroxylation is 2. The smallest absolute Gasteiger partial charge is 0.226 e. The average molecular weight is 352 g/mol. The summed E-state index contributed by atoms with van der Waals surface area (Å²) in [7, 11) is 0. The van der Waals surface area contributed by atoms with Crippen molar-refractivity contribution in [2.45, 2.75) is 34.1 Å². The Hall–Kier alpha value is -2.95. The largest absolute Gasteiger partial charge is 0.326 e. The molecule has 0 saturated heterocycles. The van der Waals surface area contributed by atoms with Gasteiger partial charge >= 0.3 is 0 Å². The lowest BCUT2D eigenvalue weighted by atomic mass is 10.1. The van der Waals surface area contributed by atoms with Crippen molar-refractivity contribution < 1.29 is 14.4 Å². The number of hydrogen-bond donors (Lipinski definition) is 1. The molecule has 0 aliphatic carbocycles. The fourth-order valence-corrected chi connectivity index (χ4v) is 2.80. The molecule has 5 heteroatoms. The summed E-state index contributed by atoms with van der Waals surface area (Å²) in [4.78, 5) is 37.1. The molecule has 2 aromatic rings. The number of nitrogens with one attached hydrogen (secondary N) is 1. The highest BCUT2D eigenvalue weighted by Crippen LogP contribution is 2.19. The van der Waals surface area contributed by atoms with Crippen molar-refractivity contribution >= 4 is 29.0 Å². The fourth-order valence-electron chi connectivity index (χ4n) is 2.80. The van der Waals surface area contributed by atoms with Crippen LogP contribution in [0.5, 0.6) is 0 Å². The average Bonchev–Trinajstić information content (AvgIpc) is 2.54. The topological polar surface area (TPSA) is 66.5 Å². The van der Waals surface area contributed by atoms with Crippen LogP contribution in [-0.2, 0) is 9.59 Å². The highest BCUT2D eigenvalue weighted by molar-refractivity contribution is 5.96. The second-order valence-electron chi connectivity index (χ2n) is 6.45. The van der Waals surface area contributed by atoms with Crippen molar-refractivity contribution in [3.05, 3.63) is 59.2 Å². The van der Waals surface area contributed by atoms with E-state index in [1.54, 1.807) is 29.2 Å². The lowest BCUT2D eigenvalue weighted by Gasteiger charge is -2.22. The van der Waals surface area contributed by atoms with Crippen LogP contribution in [0, 0.1) is 13.8 Å². The first-order valence-corrected chi connectivity index (χ1v) is 8.53. The van der Waals surface area contributed by atoms with E-state index < -0.39 is 0 Å². The number of carbonyl (C=O) groups is 3. The molecule has 0 aliphatic rings. The quantitative estimate of drug-likeness (QED) is 0.802. The third-order valence-corrected chi connectivity index (χ3v) is 4.04. The van der Waals surface area contributed by atoms with Crippen LogP contribution in [0.2, 0.25) is 0 Å². The molecule has 5 nitrogen and oxygen atoms in total. The normalized spacial score (nSPS) is 10.3. The number of carbonyl (C=O) groups excluding carboxylic acids is 3. The third kappa shape index (κ3) is 5.28. The number of hydrogen-bond acceptors (Lipinski definition) is 3. The molecule has 26 heavy (non-hydrogen) atoms. The maximum atomic E-state index is 12.2. The van der Waals surface area contributed by atoms with Crippen molar-refractivity contribution in [1.29, 1.82) is 0 Å². The first kappa shape index (κ1) is 19.4. The van der Waals surface area contributed by atoms with E-state index in [2.05, 4.69) is 5.32 Å². The number of rotatable bonds is 6. The van der Waals surface area contributed by atoms with Gasteiger partial charge in [0.25, 0.3) is 0 Å². The van der Waals surface area contributed by atoms with Crippen molar-refractivity contribution in [3.63, 3.8) is 0 Å². The van der Waals surface area contributed by atoms with Gasteiger partial charge in [-0.05, 0) is 68.3 Å². The standard InChI is InChI=1S/C21H24N2O3/c1-14-11-15(2)13-20(12-14)23(17(4)25)10-9-21(26)22-19-7-5-18(6-8-19)16(3)24/h5-8,11-13H,9-10H2,1-4H3,(H,22,26). The lowest BCUT2D eigenvalue weighted by Crippen LogP contribution is -2.32. The van der Waals surface area contributed by atoms with Crippen LogP contribution in [0.1, 0.15) is 41.8 Å². The van der Waals surface area contributed by atoms with Crippen LogP contribution in [0.15, 0.2) is 42.5 Å². The molecule has 0 fully saturated rings. The van der Waals surface area contributed by atoms with Gasteiger partial charge in [-0.25, -0.2) is 0 Å². The van der Waals surface area contributed by atoms with E-state index in [0.29, 0.717) is 17.8 Å². The summed E-state index contributed by atoms with van der Waals surface area (Å²) >= 11 is 0. The predicted molar refractivity (Wildman–Crippen MR) is 104 cm³/mol. The Labute approximate surface area is 154 Å². The molecule has 1 N–H and O–H groups in total. The Morgan fingerprint density at radius 2 is 1.50 bits per heavy atom. The molecule has 0 radical (unpaired) electrons. The Kier molecular flexibility index (Phi) is 6.28. The highest BCUT2D eigenvalue weighted by Gasteiger charge is 2.14. The molecule has 2 aromatic carbocycles. The summed E-state index contributed by atoms with van der Waals surface area (Å²) in [5.41, 5.74) is 4.16. The molecule has 0 heterocycles. The zero-order chi connectivity index (χ0) is 19.3. The maximum absolute atomic E-state index is 12.2. The molecule has 0 saturated carbocycles. The van der Waals surface area contributed by atoms with Gasteiger partial charge in [-0.3, -0.25) is 14.4 Å². The van der Waals surface area contributed by atoms with Crippen LogP contribution < -0.4 is 10.2 Å². The molecule has 136 valence electrons. The molecular weight excluding hydrogens is 328 g/mol. The van der Waals surface area contributed by atoms with Crippen LogP contribution in [0.4, 0.5) is 11.4 Å². The summed E-state index contributed by atoms with van der Waals surface area (Å²) in [5.74, 6) is -0.307. The lowest BCUT2D eigenvalue weighted by molar-refractivity contribution is -0.117. The second-order valence-corrected chi connectivity index (χ2v) is 6.45. The first-order valence-electron chi connectivity index (χ1n) is 8.53. The van der Waals surface area contributed by atoms with E-state index in [4.69, 9.17) is 0 Å². The fraction of sp³-hybridized carbons (Fsp3) is 0.286. The monoisotopic (exact) mass is 352 g/mol. The zero-order valence-electron chi connectivity index (χ0n) is 15.6. The van der Waals surface area contributed by atoms with Crippen molar-refractivity contribution in [3.8, 4) is 0 Å². The van der Waals surface area contributed by atoms with Gasteiger partial charge in [-0.2, -0.15) is 0 Å². The molecular formula is C21H24N2O3. The van der Waals surface area contributed by atoms with E-state index in [-0.39, 0.29) is 24.0 Å². The number of amides is 2. The minimum absolute atomic E-state index is 0.0200. The Bertz CT molecular complexity index is 805. The maximum Gasteiger partial charge on any atom is 0.226 e. The summed E-state index contributed by atoms with van der Waals surface area (Å²) in [5, 5.41) is 2.79. The Balaban J connectivity index is 2.01. The van der Waals surface area contributed by atoms with Gasteiger partial charge in [0.2, 0.25) is 11.8 Å². The van der Waals surface area contributed by atoms with Crippen molar-refractivity contribution in [1.82, 2.24) is 0 Å². The number of ketones is 1. The van der Waals surface area contributed by atoms with Gasteiger partial charge < -0.3 is 10.2 Å². The molecule has 0 bridgehead atoms. The van der Waals surface area contributed by atoms with Gasteiger partial charge in [0, 0.05) is 36.8 Å². The molecule has 0 spiro atoms. The molecule has 2 rings (SSSR count). The SMILES string of the molecule is CC(=O)c1ccc(NC(=O)CCN(C(C)=O)c2cc(C)cc(C)c2)cc1. The Morgan fingerprint density at radius 1 is 0.923 bits per heavy atom. The van der Waals surface area contributed by atoms with Gasteiger partial charge in [-0.1, -0.05) is 6.07 Å². The molecule has 0 atom stereocenters. The van der Waals surface area contributed by atoms with Crippen molar-refractivity contribution in [2.24, 2.45) is 0 Å². The van der Waals surface area contributed by atoms with E-state index in [0.717, 1.165) is 16.8 Å². The van der Waals surface area contributed by atoms with E-state index >= 15 is 0 Å². The summed E-state index contributed by atoms with van der Waals surface area (Å²) in [6.45, 7) is 7.25. The van der Waals surface area contributed by atoms with E-state index in [1.807, 2.05) is 32.0 Å². The molecule has 2 amide bonds. The molecule has 0 unspecified atom stereocenters. The number of benzene rings is 2. The summed E-state index contributed by atoms with van der Waals surface area (Å²) < 4.78 is 0. The van der Waals surface area contributed by atoms with Crippen LogP contribution in [0.3, 0.4) is 0 Å². The van der Waals surface area contributed by atoms with Gasteiger partial charge in [0.15, 0.2) is 5.78 Å². The second kappa shape index (κ2) is 8.43. The van der Waals surface area contributed by atoms with Gasteiger partial charge in [0.05, 0.1) is 0 Å². The van der Waals surface area contributed by atoms with E-state index in [9.17, 15) is 14.4 Å². The summed E-state index contributed by atoms with van der Waals surface area (Å²) in [6, 6.07) is 12.7. The minimum atomic E-state index is -0.184. The number of Topliss-reactive ketones (excluding diaryl/α,β-unsaturated/α-hetero) is 1. The number of anilines is 2. The minimum Gasteiger partial charge on any atom is -0.326 e. The first-order chi connectivity index (χ1) is 12.3. The van der Waals surface area contributed by atoms with Gasteiger partial charge in [-0.15, -0.1) is 0 Å². The predicted octanol–water partition coefficient (Wildman–Crippen LogP) is 3.89. The van der Waals surface area contributed by atoms with Gasteiger partial charge in [0.1, 0.15) is 0 Å². The third-order valence-electron chi connectivity index (χ3n) is 4.04. The number of nitrogens with zero attached hydrogens (tertiary/aromatic N) is 1. The summed E-state index contributed by atoms with van der Waals surface area (Å²) in [6.07, 6.45) is 0.182. The molecule has 0 aliphatic heterocycles. The van der Waals surface area contributed by atoms with E-state index in [1.165, 1.54) is 13.8 Å². The molecule has 0 aromatic heterocycles. The Morgan fingerprint density at radius 3 is 2.00 bits per heavy atom. The highest BCUT2D eigenvalue weighted by atomic mass is 16.2. The zero-order valence-corrected chi connectivity index (χ0v) is 15.6. The van der Waals surface area contributed by atoms with Crippen molar-refractivity contribution in [2.75, 3.05) is 16.8 Å². The van der Waals surface area contributed by atoms with Crippen LogP contribution >= 0.6 is 0 Å². The van der Waals surface area contributed by atoms with Crippen LogP contribution in [-0.4, -0.2) is 24.1 Å².